The number of nitrogens with zero attached hydrogens (tertiary/aromatic N) is 1. The average molecular weight is 268 g/mol. The summed E-state index contributed by atoms with van der Waals surface area (Å²) in [5.74, 6) is 2.97. The fourth-order valence-corrected chi connectivity index (χ4v) is 5.33. The van der Waals surface area contributed by atoms with Crippen LogP contribution in [0, 0.1) is 23.2 Å². The Morgan fingerprint density at radius 2 is 1.55 bits per heavy atom. The number of para-hydroxylation sites is 1. The van der Waals surface area contributed by atoms with E-state index in [0.717, 1.165) is 23.4 Å². The van der Waals surface area contributed by atoms with Crippen LogP contribution in [0.3, 0.4) is 0 Å². The van der Waals surface area contributed by atoms with Crippen LogP contribution in [0.4, 0.5) is 5.69 Å². The molecule has 4 saturated carbocycles. The van der Waals surface area contributed by atoms with Crippen molar-refractivity contribution < 1.29 is 0 Å². The molecule has 1 aromatic rings. The number of anilines is 1. The summed E-state index contributed by atoms with van der Waals surface area (Å²) in [6.45, 7) is 2.25. The molecule has 0 unspecified atom stereocenters. The van der Waals surface area contributed by atoms with E-state index in [9.17, 15) is 0 Å². The second-order valence-corrected chi connectivity index (χ2v) is 7.37. The highest BCUT2D eigenvalue weighted by atomic mass is 15.3. The van der Waals surface area contributed by atoms with Crippen molar-refractivity contribution in [2.24, 2.45) is 28.3 Å². The van der Waals surface area contributed by atoms with Gasteiger partial charge < -0.3 is 0 Å². The Bertz CT molecular complexity index is 482. The maximum Gasteiger partial charge on any atom is 0.0561 e. The summed E-state index contributed by atoms with van der Waals surface area (Å²) in [6, 6.07) is 10.3. The number of hydrogen-bond acceptors (Lipinski definition) is 2. The lowest BCUT2D eigenvalue weighted by molar-refractivity contribution is -0.0126. The molecular weight excluding hydrogens is 244 g/mol. The molecule has 4 bridgehead atoms. The third kappa shape index (κ3) is 2.06. The van der Waals surface area contributed by atoms with Crippen LogP contribution in [0.5, 0.6) is 0 Å². The molecule has 0 aliphatic heterocycles. The first-order valence-corrected chi connectivity index (χ1v) is 8.09. The van der Waals surface area contributed by atoms with Crippen molar-refractivity contribution in [1.82, 2.24) is 0 Å². The first kappa shape index (κ1) is 12.4. The second kappa shape index (κ2) is 4.61. The molecular formula is C18H24N2. The normalized spacial score (nSPS) is 39.0. The van der Waals surface area contributed by atoms with Crippen molar-refractivity contribution >= 4 is 11.4 Å². The summed E-state index contributed by atoms with van der Waals surface area (Å²) in [6.07, 6.45) is 8.68. The van der Waals surface area contributed by atoms with Crippen molar-refractivity contribution in [3.05, 3.63) is 30.3 Å². The number of hydrazone groups is 1. The standard InChI is InChI=1S/C18H24N2/c1-13(19-20-17-5-3-2-4-6-17)18-10-14-7-15(11-18)9-16(8-14)12-18/h2-6,14-16,20H,7-12H2,1H3/b19-13+. The van der Waals surface area contributed by atoms with Gasteiger partial charge in [0.15, 0.2) is 0 Å². The van der Waals surface area contributed by atoms with Gasteiger partial charge in [0.05, 0.1) is 5.69 Å². The predicted molar refractivity (Wildman–Crippen MR) is 83.8 cm³/mol. The van der Waals surface area contributed by atoms with Crippen molar-refractivity contribution in [2.45, 2.75) is 45.4 Å². The van der Waals surface area contributed by atoms with Crippen LogP contribution in [-0.4, -0.2) is 5.71 Å². The molecule has 106 valence electrons. The van der Waals surface area contributed by atoms with Crippen molar-refractivity contribution in [3.8, 4) is 0 Å². The van der Waals surface area contributed by atoms with E-state index >= 15 is 0 Å². The van der Waals surface area contributed by atoms with Crippen molar-refractivity contribution in [1.29, 1.82) is 0 Å². The maximum atomic E-state index is 4.75. The lowest BCUT2D eigenvalue weighted by atomic mass is 9.48. The molecule has 0 atom stereocenters. The SMILES string of the molecule is C/C(=N\Nc1ccccc1)C12CC3CC(CC(C3)C1)C2. The van der Waals surface area contributed by atoms with Crippen LogP contribution in [0.2, 0.25) is 0 Å². The van der Waals surface area contributed by atoms with Gasteiger partial charge in [-0.3, -0.25) is 5.43 Å². The molecule has 20 heavy (non-hydrogen) atoms. The van der Waals surface area contributed by atoms with Gasteiger partial charge in [-0.15, -0.1) is 0 Å². The fourth-order valence-electron chi connectivity index (χ4n) is 5.33. The first-order valence-electron chi connectivity index (χ1n) is 8.09. The maximum absolute atomic E-state index is 4.75. The molecule has 4 aliphatic carbocycles. The quantitative estimate of drug-likeness (QED) is 0.624. The Labute approximate surface area is 121 Å². The van der Waals surface area contributed by atoms with Crippen LogP contribution in [0.25, 0.3) is 0 Å². The third-order valence-corrected chi connectivity index (χ3v) is 5.93. The summed E-state index contributed by atoms with van der Waals surface area (Å²) in [7, 11) is 0. The van der Waals surface area contributed by atoms with E-state index in [1.165, 1.54) is 44.2 Å². The van der Waals surface area contributed by atoms with Crippen LogP contribution >= 0.6 is 0 Å². The van der Waals surface area contributed by atoms with E-state index in [1.807, 2.05) is 6.07 Å². The Kier molecular flexibility index (Phi) is 2.87. The van der Waals surface area contributed by atoms with Gasteiger partial charge >= 0.3 is 0 Å². The largest absolute Gasteiger partial charge is 0.279 e. The summed E-state index contributed by atoms with van der Waals surface area (Å²) in [5.41, 5.74) is 6.13. The number of benzene rings is 1. The molecule has 0 saturated heterocycles. The number of nitrogens with one attached hydrogen (secondary N) is 1. The molecule has 0 amide bonds. The van der Waals surface area contributed by atoms with Gasteiger partial charge in [-0.1, -0.05) is 18.2 Å². The van der Waals surface area contributed by atoms with Gasteiger partial charge in [-0.2, -0.15) is 5.10 Å². The predicted octanol–water partition coefficient (Wildman–Crippen LogP) is 4.69. The molecule has 1 N–H and O–H groups in total. The van der Waals surface area contributed by atoms with Crippen LogP contribution in [-0.2, 0) is 0 Å². The van der Waals surface area contributed by atoms with Gasteiger partial charge in [0.25, 0.3) is 0 Å². The minimum Gasteiger partial charge on any atom is -0.279 e. The average Bonchev–Trinajstić information content (AvgIpc) is 2.44. The summed E-state index contributed by atoms with van der Waals surface area (Å²) < 4.78 is 0. The molecule has 0 radical (unpaired) electrons. The topological polar surface area (TPSA) is 24.4 Å². The molecule has 0 aromatic heterocycles. The van der Waals surface area contributed by atoms with Crippen molar-refractivity contribution in [3.63, 3.8) is 0 Å². The highest BCUT2D eigenvalue weighted by molar-refractivity contribution is 5.89. The molecule has 4 fully saturated rings. The lowest BCUT2D eigenvalue weighted by Gasteiger charge is -2.56. The van der Waals surface area contributed by atoms with Crippen LogP contribution in [0.15, 0.2) is 35.4 Å². The zero-order valence-electron chi connectivity index (χ0n) is 12.3. The third-order valence-electron chi connectivity index (χ3n) is 5.93. The Hall–Kier alpha value is -1.31. The van der Waals surface area contributed by atoms with Crippen LogP contribution in [0.1, 0.15) is 45.4 Å². The van der Waals surface area contributed by atoms with Gasteiger partial charge in [0.2, 0.25) is 0 Å². The molecule has 0 spiro atoms. The molecule has 1 aromatic carbocycles. The zero-order valence-corrected chi connectivity index (χ0v) is 12.3. The second-order valence-electron chi connectivity index (χ2n) is 7.37. The summed E-state index contributed by atoms with van der Waals surface area (Å²) in [4.78, 5) is 0. The van der Waals surface area contributed by atoms with Crippen LogP contribution < -0.4 is 5.43 Å². The highest BCUT2D eigenvalue weighted by Gasteiger charge is 2.52. The van der Waals surface area contributed by atoms with E-state index in [1.54, 1.807) is 0 Å². The highest BCUT2D eigenvalue weighted by Crippen LogP contribution is 2.60. The van der Waals surface area contributed by atoms with Crippen molar-refractivity contribution in [2.75, 3.05) is 5.43 Å². The molecule has 5 rings (SSSR count). The van der Waals surface area contributed by atoms with Gasteiger partial charge in [0, 0.05) is 11.1 Å². The minimum absolute atomic E-state index is 0.427. The number of hydrogen-bond donors (Lipinski definition) is 1. The molecule has 2 nitrogen and oxygen atoms in total. The smallest absolute Gasteiger partial charge is 0.0561 e. The fraction of sp³-hybridized carbons (Fsp3) is 0.611. The molecule has 0 heterocycles. The van der Waals surface area contributed by atoms with E-state index in [2.05, 4.69) is 36.6 Å². The number of rotatable bonds is 3. The first-order chi connectivity index (χ1) is 9.73. The monoisotopic (exact) mass is 268 g/mol. The Morgan fingerprint density at radius 3 is 2.10 bits per heavy atom. The Morgan fingerprint density at radius 1 is 1.00 bits per heavy atom. The Balaban J connectivity index is 1.54. The zero-order chi connectivity index (χ0) is 13.6. The van der Waals surface area contributed by atoms with E-state index in [-0.39, 0.29) is 0 Å². The lowest BCUT2D eigenvalue weighted by Crippen LogP contribution is -2.49. The van der Waals surface area contributed by atoms with E-state index < -0.39 is 0 Å². The molecule has 4 aliphatic rings. The van der Waals surface area contributed by atoms with E-state index in [4.69, 9.17) is 5.10 Å². The van der Waals surface area contributed by atoms with Gasteiger partial charge in [-0.25, -0.2) is 0 Å². The molecule has 2 heteroatoms. The minimum atomic E-state index is 0.427. The summed E-state index contributed by atoms with van der Waals surface area (Å²) in [5, 5.41) is 4.75. The summed E-state index contributed by atoms with van der Waals surface area (Å²) >= 11 is 0. The van der Waals surface area contributed by atoms with E-state index in [0.29, 0.717) is 5.41 Å². The van der Waals surface area contributed by atoms with Gasteiger partial charge in [-0.05, 0) is 75.3 Å². The van der Waals surface area contributed by atoms with Gasteiger partial charge in [0.1, 0.15) is 0 Å².